The molecule has 4 nitrogen and oxygen atoms in total. The topological polar surface area (TPSA) is 42.2 Å². The zero-order valence-electron chi connectivity index (χ0n) is 7.78. The standard InChI is InChI=1S/C9H12N4/c1-7-3-4-13-9(5-7)11-8(12-13)6-10-2/h3-5,10H,6H2,1-2H3. The van der Waals surface area contributed by atoms with E-state index in [1.54, 1.807) is 4.52 Å². The van der Waals surface area contributed by atoms with E-state index < -0.39 is 0 Å². The Kier molecular flexibility index (Phi) is 1.98. The van der Waals surface area contributed by atoms with Crippen LogP contribution in [0.25, 0.3) is 5.65 Å². The van der Waals surface area contributed by atoms with Crippen LogP contribution in [-0.4, -0.2) is 21.6 Å². The van der Waals surface area contributed by atoms with E-state index in [0.717, 1.165) is 11.5 Å². The summed E-state index contributed by atoms with van der Waals surface area (Å²) in [4.78, 5) is 4.35. The Morgan fingerprint density at radius 2 is 2.38 bits per heavy atom. The largest absolute Gasteiger partial charge is 0.313 e. The second-order valence-corrected chi connectivity index (χ2v) is 3.07. The number of fused-ring (bicyclic) bond motifs is 1. The fraction of sp³-hybridized carbons (Fsp3) is 0.333. The number of hydrogen-bond acceptors (Lipinski definition) is 3. The van der Waals surface area contributed by atoms with E-state index in [0.29, 0.717) is 6.54 Å². The number of pyridine rings is 1. The molecule has 0 unspecified atom stereocenters. The van der Waals surface area contributed by atoms with Gasteiger partial charge in [0.2, 0.25) is 0 Å². The zero-order chi connectivity index (χ0) is 9.26. The molecule has 0 aliphatic rings. The number of aryl methyl sites for hydroxylation is 1. The molecule has 2 aromatic heterocycles. The molecule has 0 amide bonds. The average Bonchev–Trinajstić information content (AvgIpc) is 2.46. The first-order chi connectivity index (χ1) is 6.29. The minimum atomic E-state index is 0.709. The van der Waals surface area contributed by atoms with Gasteiger partial charge < -0.3 is 5.32 Å². The van der Waals surface area contributed by atoms with Crippen molar-refractivity contribution in [2.75, 3.05) is 7.05 Å². The highest BCUT2D eigenvalue weighted by atomic mass is 15.3. The summed E-state index contributed by atoms with van der Waals surface area (Å²) in [5.41, 5.74) is 2.11. The van der Waals surface area contributed by atoms with Gasteiger partial charge in [-0.15, -0.1) is 5.10 Å². The highest BCUT2D eigenvalue weighted by Gasteiger charge is 2.01. The second kappa shape index (κ2) is 3.14. The summed E-state index contributed by atoms with van der Waals surface area (Å²) in [5.74, 6) is 0.827. The normalized spacial score (nSPS) is 10.9. The molecule has 68 valence electrons. The lowest BCUT2D eigenvalue weighted by Gasteiger charge is -1.91. The maximum absolute atomic E-state index is 4.35. The summed E-state index contributed by atoms with van der Waals surface area (Å²) in [6.07, 6.45) is 1.93. The number of rotatable bonds is 2. The van der Waals surface area contributed by atoms with Crippen molar-refractivity contribution in [1.29, 1.82) is 0 Å². The minimum Gasteiger partial charge on any atom is -0.313 e. The van der Waals surface area contributed by atoms with Crippen LogP contribution in [0.3, 0.4) is 0 Å². The minimum absolute atomic E-state index is 0.709. The van der Waals surface area contributed by atoms with E-state index in [9.17, 15) is 0 Å². The van der Waals surface area contributed by atoms with Crippen LogP contribution in [0, 0.1) is 6.92 Å². The molecule has 0 saturated carbocycles. The third kappa shape index (κ3) is 1.53. The van der Waals surface area contributed by atoms with Gasteiger partial charge in [-0.25, -0.2) is 9.50 Å². The zero-order valence-corrected chi connectivity index (χ0v) is 7.78. The average molecular weight is 176 g/mol. The SMILES string of the molecule is CNCc1nc2cc(C)ccn2n1. The monoisotopic (exact) mass is 176 g/mol. The molecule has 2 aromatic rings. The molecule has 0 fully saturated rings. The van der Waals surface area contributed by atoms with Crippen LogP contribution < -0.4 is 5.32 Å². The van der Waals surface area contributed by atoms with E-state index in [4.69, 9.17) is 0 Å². The fourth-order valence-corrected chi connectivity index (χ4v) is 1.26. The van der Waals surface area contributed by atoms with Crippen LogP contribution in [0.2, 0.25) is 0 Å². The molecule has 1 N–H and O–H groups in total. The van der Waals surface area contributed by atoms with Crippen molar-refractivity contribution < 1.29 is 0 Å². The maximum atomic E-state index is 4.35. The van der Waals surface area contributed by atoms with Crippen molar-refractivity contribution >= 4 is 5.65 Å². The predicted octanol–water partition coefficient (Wildman–Crippen LogP) is 0.757. The lowest BCUT2D eigenvalue weighted by Crippen LogP contribution is -2.06. The molecule has 0 aliphatic heterocycles. The first-order valence-electron chi connectivity index (χ1n) is 4.26. The highest BCUT2D eigenvalue weighted by Crippen LogP contribution is 2.03. The molecular weight excluding hydrogens is 164 g/mol. The summed E-state index contributed by atoms with van der Waals surface area (Å²) in [6.45, 7) is 2.76. The molecular formula is C9H12N4. The first kappa shape index (κ1) is 8.19. The van der Waals surface area contributed by atoms with Gasteiger partial charge in [0, 0.05) is 6.20 Å². The first-order valence-corrected chi connectivity index (χ1v) is 4.26. The summed E-state index contributed by atoms with van der Waals surface area (Å²) in [7, 11) is 1.89. The molecule has 0 bridgehead atoms. The van der Waals surface area contributed by atoms with Gasteiger partial charge in [0.15, 0.2) is 11.5 Å². The van der Waals surface area contributed by atoms with E-state index in [2.05, 4.69) is 15.4 Å². The molecule has 0 atom stereocenters. The third-order valence-electron chi connectivity index (χ3n) is 1.87. The fourth-order valence-electron chi connectivity index (χ4n) is 1.26. The molecule has 2 rings (SSSR count). The summed E-state index contributed by atoms with van der Waals surface area (Å²) in [5, 5.41) is 7.31. The Morgan fingerprint density at radius 1 is 1.54 bits per heavy atom. The van der Waals surface area contributed by atoms with Crippen molar-refractivity contribution in [3.05, 3.63) is 29.7 Å². The van der Waals surface area contributed by atoms with Gasteiger partial charge in [0.1, 0.15) is 0 Å². The van der Waals surface area contributed by atoms with E-state index in [1.165, 1.54) is 5.56 Å². The van der Waals surface area contributed by atoms with Crippen LogP contribution in [0.1, 0.15) is 11.4 Å². The Labute approximate surface area is 76.6 Å². The second-order valence-electron chi connectivity index (χ2n) is 3.07. The van der Waals surface area contributed by atoms with Gasteiger partial charge in [-0.1, -0.05) is 0 Å². The Balaban J connectivity index is 2.49. The van der Waals surface area contributed by atoms with E-state index in [1.807, 2.05) is 32.3 Å². The molecule has 2 heterocycles. The van der Waals surface area contributed by atoms with E-state index in [-0.39, 0.29) is 0 Å². The van der Waals surface area contributed by atoms with Gasteiger partial charge in [-0.2, -0.15) is 0 Å². The van der Waals surface area contributed by atoms with Crippen LogP contribution in [0.4, 0.5) is 0 Å². The van der Waals surface area contributed by atoms with Crippen LogP contribution in [0.5, 0.6) is 0 Å². The third-order valence-corrected chi connectivity index (χ3v) is 1.87. The summed E-state index contributed by atoms with van der Waals surface area (Å²) in [6, 6.07) is 4.04. The highest BCUT2D eigenvalue weighted by molar-refractivity contribution is 5.39. The van der Waals surface area contributed by atoms with Crippen molar-refractivity contribution in [3.63, 3.8) is 0 Å². The van der Waals surface area contributed by atoms with Crippen molar-refractivity contribution in [1.82, 2.24) is 19.9 Å². The van der Waals surface area contributed by atoms with Crippen molar-refractivity contribution in [3.8, 4) is 0 Å². The lowest BCUT2D eigenvalue weighted by molar-refractivity contribution is 0.752. The van der Waals surface area contributed by atoms with Crippen LogP contribution >= 0.6 is 0 Å². The number of nitrogens with zero attached hydrogens (tertiary/aromatic N) is 3. The summed E-state index contributed by atoms with van der Waals surface area (Å²) >= 11 is 0. The molecule has 0 radical (unpaired) electrons. The quantitative estimate of drug-likeness (QED) is 0.734. The van der Waals surface area contributed by atoms with Crippen molar-refractivity contribution in [2.45, 2.75) is 13.5 Å². The molecule has 0 spiro atoms. The van der Waals surface area contributed by atoms with E-state index >= 15 is 0 Å². The number of aromatic nitrogens is 3. The van der Waals surface area contributed by atoms with Crippen LogP contribution in [-0.2, 0) is 6.54 Å². The molecule has 0 aromatic carbocycles. The predicted molar refractivity (Wildman–Crippen MR) is 50.5 cm³/mol. The Bertz CT molecular complexity index is 418. The summed E-state index contributed by atoms with van der Waals surface area (Å²) < 4.78 is 1.79. The molecule has 13 heavy (non-hydrogen) atoms. The van der Waals surface area contributed by atoms with Gasteiger partial charge in [0.25, 0.3) is 0 Å². The Hall–Kier alpha value is -1.42. The molecule has 0 aliphatic carbocycles. The van der Waals surface area contributed by atoms with Crippen molar-refractivity contribution in [2.24, 2.45) is 0 Å². The van der Waals surface area contributed by atoms with Gasteiger partial charge in [-0.05, 0) is 31.7 Å². The number of nitrogens with one attached hydrogen (secondary N) is 1. The number of hydrogen-bond donors (Lipinski definition) is 1. The van der Waals surface area contributed by atoms with Gasteiger partial charge in [-0.3, -0.25) is 0 Å². The Morgan fingerprint density at radius 3 is 3.15 bits per heavy atom. The van der Waals surface area contributed by atoms with Gasteiger partial charge >= 0.3 is 0 Å². The smallest absolute Gasteiger partial charge is 0.165 e. The maximum Gasteiger partial charge on any atom is 0.165 e. The lowest BCUT2D eigenvalue weighted by atomic mass is 10.3. The molecule has 4 heteroatoms. The molecule has 0 saturated heterocycles. The van der Waals surface area contributed by atoms with Gasteiger partial charge in [0.05, 0.1) is 6.54 Å². The van der Waals surface area contributed by atoms with Crippen LogP contribution in [0.15, 0.2) is 18.3 Å².